The second-order valence-electron chi connectivity index (χ2n) is 6.07. The second-order valence-corrected chi connectivity index (χ2v) is 11.0. The largest absolute Gasteiger partial charge is 0.322 e. The SMILES string of the molecule is CCCC(C)[Si](C)(C)N(C)C(C)(C)C. The summed E-state index contributed by atoms with van der Waals surface area (Å²) in [5, 5.41) is 0. The Kier molecular flexibility index (Phi) is 4.86. The van der Waals surface area contributed by atoms with Gasteiger partial charge in [0, 0.05) is 5.54 Å². The summed E-state index contributed by atoms with van der Waals surface area (Å²) in [6.07, 6.45) is 2.69. The Morgan fingerprint density at radius 1 is 1.21 bits per heavy atom. The van der Waals surface area contributed by atoms with Gasteiger partial charge in [-0.3, -0.25) is 0 Å². The molecular weight excluding hydrogens is 186 g/mol. The Morgan fingerprint density at radius 2 is 1.64 bits per heavy atom. The standard InChI is InChI=1S/C12H29NSi/c1-9-10-11(2)14(7,8)13(6)12(3,4)5/h11H,9-10H2,1-8H3. The molecule has 86 valence electrons. The number of hydrogen-bond donors (Lipinski definition) is 0. The van der Waals surface area contributed by atoms with Crippen molar-refractivity contribution in [2.75, 3.05) is 7.05 Å². The molecule has 0 fully saturated rings. The molecular formula is C12H29NSi. The molecule has 0 bridgehead atoms. The van der Waals surface area contributed by atoms with Crippen LogP contribution in [0.4, 0.5) is 0 Å². The topological polar surface area (TPSA) is 3.24 Å². The average molecular weight is 215 g/mol. The Balaban J connectivity index is 4.59. The lowest BCUT2D eigenvalue weighted by Gasteiger charge is -2.46. The van der Waals surface area contributed by atoms with Crippen molar-refractivity contribution in [1.82, 2.24) is 4.57 Å². The van der Waals surface area contributed by atoms with E-state index in [1.54, 1.807) is 0 Å². The van der Waals surface area contributed by atoms with Gasteiger partial charge in [-0.2, -0.15) is 0 Å². The maximum atomic E-state index is 2.64. The molecule has 1 unspecified atom stereocenters. The predicted octanol–water partition coefficient (Wildman–Crippen LogP) is 4.11. The lowest BCUT2D eigenvalue weighted by Crippen LogP contribution is -2.57. The molecule has 0 saturated carbocycles. The van der Waals surface area contributed by atoms with Crippen molar-refractivity contribution in [3.05, 3.63) is 0 Å². The van der Waals surface area contributed by atoms with Crippen LogP contribution in [0.1, 0.15) is 47.5 Å². The van der Waals surface area contributed by atoms with E-state index in [1.807, 2.05) is 0 Å². The third-order valence-electron chi connectivity index (χ3n) is 3.80. The van der Waals surface area contributed by atoms with Crippen LogP contribution in [-0.4, -0.2) is 25.4 Å². The summed E-state index contributed by atoms with van der Waals surface area (Å²) in [5.74, 6) is 0. The van der Waals surface area contributed by atoms with Crippen LogP contribution >= 0.6 is 0 Å². The van der Waals surface area contributed by atoms with Gasteiger partial charge >= 0.3 is 0 Å². The lowest BCUT2D eigenvalue weighted by atomic mass is 10.1. The Hall–Kier alpha value is 0.177. The van der Waals surface area contributed by atoms with E-state index >= 15 is 0 Å². The second kappa shape index (κ2) is 4.80. The van der Waals surface area contributed by atoms with Crippen LogP contribution in [0.5, 0.6) is 0 Å². The van der Waals surface area contributed by atoms with E-state index in [4.69, 9.17) is 0 Å². The molecule has 0 saturated heterocycles. The summed E-state index contributed by atoms with van der Waals surface area (Å²) < 4.78 is 2.64. The third kappa shape index (κ3) is 3.39. The van der Waals surface area contributed by atoms with E-state index in [9.17, 15) is 0 Å². The number of rotatable bonds is 4. The first-order valence-corrected chi connectivity index (χ1v) is 8.90. The average Bonchev–Trinajstić information content (AvgIpc) is 2.01. The predicted molar refractivity (Wildman–Crippen MR) is 69.3 cm³/mol. The van der Waals surface area contributed by atoms with Crippen LogP contribution in [0.3, 0.4) is 0 Å². The first-order chi connectivity index (χ1) is 6.14. The number of nitrogens with zero attached hydrogens (tertiary/aromatic N) is 1. The first kappa shape index (κ1) is 14.2. The molecule has 0 aliphatic rings. The zero-order valence-electron chi connectivity index (χ0n) is 11.4. The highest BCUT2D eigenvalue weighted by atomic mass is 28.3. The minimum atomic E-state index is -1.23. The van der Waals surface area contributed by atoms with Crippen LogP contribution in [0.2, 0.25) is 18.6 Å². The van der Waals surface area contributed by atoms with Crippen LogP contribution in [0.25, 0.3) is 0 Å². The Bertz CT molecular complexity index is 170. The van der Waals surface area contributed by atoms with E-state index < -0.39 is 8.24 Å². The smallest absolute Gasteiger partial charge is 0.125 e. The van der Waals surface area contributed by atoms with Gasteiger partial charge in [-0.05, 0) is 33.4 Å². The molecule has 0 amide bonds. The van der Waals surface area contributed by atoms with Crippen molar-refractivity contribution in [1.29, 1.82) is 0 Å². The van der Waals surface area contributed by atoms with Gasteiger partial charge in [0.15, 0.2) is 0 Å². The highest BCUT2D eigenvalue weighted by Gasteiger charge is 2.37. The molecule has 0 aliphatic heterocycles. The van der Waals surface area contributed by atoms with Gasteiger partial charge in [-0.15, -0.1) is 0 Å². The van der Waals surface area contributed by atoms with Crippen LogP contribution in [0.15, 0.2) is 0 Å². The fraction of sp³-hybridized carbons (Fsp3) is 1.00. The van der Waals surface area contributed by atoms with Gasteiger partial charge in [0.25, 0.3) is 0 Å². The minimum Gasteiger partial charge on any atom is -0.322 e. The Labute approximate surface area is 92.0 Å². The molecule has 0 aromatic heterocycles. The summed E-state index contributed by atoms with van der Waals surface area (Å²) in [6.45, 7) is 16.7. The summed E-state index contributed by atoms with van der Waals surface area (Å²) in [4.78, 5) is 0. The quantitative estimate of drug-likeness (QED) is 0.638. The van der Waals surface area contributed by atoms with Crippen molar-refractivity contribution in [2.24, 2.45) is 0 Å². The fourth-order valence-electron chi connectivity index (χ4n) is 1.98. The maximum absolute atomic E-state index is 2.64. The molecule has 2 heteroatoms. The van der Waals surface area contributed by atoms with Gasteiger partial charge in [-0.25, -0.2) is 0 Å². The summed E-state index contributed by atoms with van der Waals surface area (Å²) in [5.41, 5.74) is 1.20. The highest BCUT2D eigenvalue weighted by Crippen LogP contribution is 2.32. The monoisotopic (exact) mass is 215 g/mol. The minimum absolute atomic E-state index is 0.317. The summed E-state index contributed by atoms with van der Waals surface area (Å²) in [6, 6.07) is 0. The molecule has 0 spiro atoms. The molecule has 1 nitrogen and oxygen atoms in total. The molecule has 1 atom stereocenters. The lowest BCUT2D eigenvalue weighted by molar-refractivity contribution is 0.278. The van der Waals surface area contributed by atoms with E-state index in [1.165, 1.54) is 12.8 Å². The molecule has 0 aromatic carbocycles. The van der Waals surface area contributed by atoms with E-state index in [0.717, 1.165) is 5.54 Å². The van der Waals surface area contributed by atoms with Gasteiger partial charge in [-0.1, -0.05) is 39.8 Å². The number of hydrogen-bond acceptors (Lipinski definition) is 1. The highest BCUT2D eigenvalue weighted by molar-refractivity contribution is 6.76. The van der Waals surface area contributed by atoms with Gasteiger partial charge in [0.05, 0.1) is 0 Å². The zero-order chi connectivity index (χ0) is 11.6. The van der Waals surface area contributed by atoms with E-state index in [0.29, 0.717) is 5.54 Å². The fourth-order valence-corrected chi connectivity index (χ4v) is 5.37. The van der Waals surface area contributed by atoms with Crippen LogP contribution < -0.4 is 0 Å². The zero-order valence-corrected chi connectivity index (χ0v) is 12.4. The first-order valence-electron chi connectivity index (χ1n) is 5.88. The van der Waals surface area contributed by atoms with Crippen molar-refractivity contribution >= 4 is 8.24 Å². The van der Waals surface area contributed by atoms with Gasteiger partial charge < -0.3 is 4.57 Å². The molecule has 0 heterocycles. The molecule has 0 N–H and O–H groups in total. The normalized spacial score (nSPS) is 16.1. The van der Waals surface area contributed by atoms with E-state index in [-0.39, 0.29) is 0 Å². The van der Waals surface area contributed by atoms with E-state index in [2.05, 4.69) is 59.3 Å². The van der Waals surface area contributed by atoms with Crippen LogP contribution in [0, 0.1) is 0 Å². The van der Waals surface area contributed by atoms with Crippen molar-refractivity contribution < 1.29 is 0 Å². The van der Waals surface area contributed by atoms with Crippen molar-refractivity contribution in [2.45, 2.75) is 71.6 Å². The molecule has 0 aromatic rings. The van der Waals surface area contributed by atoms with Crippen molar-refractivity contribution in [3.63, 3.8) is 0 Å². The summed E-state index contributed by atoms with van der Waals surface area (Å²) in [7, 11) is 1.07. The summed E-state index contributed by atoms with van der Waals surface area (Å²) >= 11 is 0. The molecule has 0 aliphatic carbocycles. The van der Waals surface area contributed by atoms with Gasteiger partial charge in [0.2, 0.25) is 0 Å². The van der Waals surface area contributed by atoms with Gasteiger partial charge in [0.1, 0.15) is 8.24 Å². The maximum Gasteiger partial charge on any atom is 0.125 e. The molecule has 0 rings (SSSR count). The van der Waals surface area contributed by atoms with Crippen LogP contribution in [-0.2, 0) is 0 Å². The Morgan fingerprint density at radius 3 is 1.93 bits per heavy atom. The molecule has 0 radical (unpaired) electrons. The van der Waals surface area contributed by atoms with Crippen molar-refractivity contribution in [3.8, 4) is 0 Å². The third-order valence-corrected chi connectivity index (χ3v) is 8.90. The molecule has 14 heavy (non-hydrogen) atoms.